The SMILES string of the molecule is O=C(C1COCCN1)N1CCCCCC1CO. The van der Waals surface area contributed by atoms with E-state index in [1.807, 2.05) is 4.90 Å². The zero-order chi connectivity index (χ0) is 12.1. The Hall–Kier alpha value is -0.650. The monoisotopic (exact) mass is 242 g/mol. The normalized spacial score (nSPS) is 31.0. The van der Waals surface area contributed by atoms with Gasteiger partial charge in [0.15, 0.2) is 0 Å². The standard InChI is InChI=1S/C12H22N2O3/c15-8-10-4-2-1-3-6-14(10)12(16)11-9-17-7-5-13-11/h10-11,13,15H,1-9H2. The molecule has 0 aromatic carbocycles. The van der Waals surface area contributed by atoms with E-state index in [4.69, 9.17) is 4.74 Å². The van der Waals surface area contributed by atoms with Crippen LogP contribution in [-0.2, 0) is 9.53 Å². The molecule has 2 unspecified atom stereocenters. The molecule has 0 aromatic heterocycles. The molecule has 2 N–H and O–H groups in total. The molecule has 2 saturated heterocycles. The van der Waals surface area contributed by atoms with E-state index in [9.17, 15) is 9.90 Å². The highest BCUT2D eigenvalue weighted by atomic mass is 16.5. The largest absolute Gasteiger partial charge is 0.394 e. The molecule has 2 fully saturated rings. The maximum Gasteiger partial charge on any atom is 0.242 e. The molecule has 0 aliphatic carbocycles. The van der Waals surface area contributed by atoms with Crippen LogP contribution in [0.15, 0.2) is 0 Å². The van der Waals surface area contributed by atoms with Crippen LogP contribution < -0.4 is 5.32 Å². The van der Waals surface area contributed by atoms with E-state index < -0.39 is 0 Å². The molecule has 0 spiro atoms. The molecule has 2 aliphatic rings. The third-order valence-corrected chi connectivity index (χ3v) is 3.59. The van der Waals surface area contributed by atoms with Crippen molar-refractivity contribution in [3.8, 4) is 0 Å². The van der Waals surface area contributed by atoms with Crippen LogP contribution >= 0.6 is 0 Å². The Morgan fingerprint density at radius 1 is 1.41 bits per heavy atom. The molecule has 98 valence electrons. The van der Waals surface area contributed by atoms with Gasteiger partial charge in [-0.1, -0.05) is 12.8 Å². The number of nitrogens with one attached hydrogen (secondary N) is 1. The number of nitrogens with zero attached hydrogens (tertiary/aromatic N) is 1. The highest BCUT2D eigenvalue weighted by Crippen LogP contribution is 2.17. The first-order chi connectivity index (χ1) is 8.33. The van der Waals surface area contributed by atoms with E-state index in [1.165, 1.54) is 0 Å². The van der Waals surface area contributed by atoms with Crippen molar-refractivity contribution in [1.82, 2.24) is 10.2 Å². The maximum atomic E-state index is 12.3. The Balaban J connectivity index is 1.98. The highest BCUT2D eigenvalue weighted by molar-refractivity contribution is 5.82. The van der Waals surface area contributed by atoms with Crippen molar-refractivity contribution in [2.24, 2.45) is 0 Å². The first kappa shape index (κ1) is 12.8. The zero-order valence-corrected chi connectivity index (χ0v) is 10.2. The van der Waals surface area contributed by atoms with Crippen LogP contribution in [0.1, 0.15) is 25.7 Å². The van der Waals surface area contributed by atoms with Gasteiger partial charge < -0.3 is 20.1 Å². The first-order valence-electron chi connectivity index (χ1n) is 6.55. The fourth-order valence-electron chi connectivity index (χ4n) is 2.58. The smallest absolute Gasteiger partial charge is 0.242 e. The first-order valence-corrected chi connectivity index (χ1v) is 6.55. The molecule has 5 nitrogen and oxygen atoms in total. The second kappa shape index (κ2) is 6.33. The molecule has 2 atom stereocenters. The van der Waals surface area contributed by atoms with Crippen LogP contribution in [0.25, 0.3) is 0 Å². The number of hydrogen-bond donors (Lipinski definition) is 2. The minimum absolute atomic E-state index is 0.00581. The maximum absolute atomic E-state index is 12.3. The van der Waals surface area contributed by atoms with Crippen molar-refractivity contribution in [2.45, 2.75) is 37.8 Å². The van der Waals surface area contributed by atoms with Crippen LogP contribution in [-0.4, -0.2) is 60.9 Å². The number of aliphatic hydroxyl groups is 1. The van der Waals surface area contributed by atoms with E-state index >= 15 is 0 Å². The third-order valence-electron chi connectivity index (χ3n) is 3.59. The summed E-state index contributed by atoms with van der Waals surface area (Å²) in [6, 6.07) is -0.232. The number of carbonyl (C=O) groups is 1. The van der Waals surface area contributed by atoms with E-state index in [1.54, 1.807) is 0 Å². The van der Waals surface area contributed by atoms with Crippen molar-refractivity contribution >= 4 is 5.91 Å². The van der Waals surface area contributed by atoms with Gasteiger partial charge in [-0.2, -0.15) is 0 Å². The lowest BCUT2D eigenvalue weighted by atomic mass is 10.1. The summed E-state index contributed by atoms with van der Waals surface area (Å²) in [7, 11) is 0. The van der Waals surface area contributed by atoms with Crippen molar-refractivity contribution in [3.63, 3.8) is 0 Å². The number of morpholine rings is 1. The van der Waals surface area contributed by atoms with Gasteiger partial charge in [-0.25, -0.2) is 0 Å². The van der Waals surface area contributed by atoms with Crippen LogP contribution in [0.5, 0.6) is 0 Å². The summed E-state index contributed by atoms with van der Waals surface area (Å²) in [6.45, 7) is 2.69. The minimum atomic E-state index is -0.226. The molecule has 17 heavy (non-hydrogen) atoms. The zero-order valence-electron chi connectivity index (χ0n) is 10.2. The predicted molar refractivity (Wildman–Crippen MR) is 63.7 cm³/mol. The van der Waals surface area contributed by atoms with Gasteiger partial charge in [0.1, 0.15) is 6.04 Å². The molecule has 2 rings (SSSR count). The second-order valence-corrected chi connectivity index (χ2v) is 4.80. The summed E-state index contributed by atoms with van der Waals surface area (Å²) in [4.78, 5) is 14.2. The molecular weight excluding hydrogens is 220 g/mol. The van der Waals surface area contributed by atoms with Crippen molar-refractivity contribution in [2.75, 3.05) is 32.9 Å². The van der Waals surface area contributed by atoms with Gasteiger partial charge in [0.2, 0.25) is 5.91 Å². The minimum Gasteiger partial charge on any atom is -0.394 e. The second-order valence-electron chi connectivity index (χ2n) is 4.80. The quantitative estimate of drug-likeness (QED) is 0.700. The van der Waals surface area contributed by atoms with Gasteiger partial charge in [-0.15, -0.1) is 0 Å². The Bertz CT molecular complexity index is 254. The number of carbonyl (C=O) groups excluding carboxylic acids is 1. The van der Waals surface area contributed by atoms with Crippen LogP contribution in [0.4, 0.5) is 0 Å². The lowest BCUT2D eigenvalue weighted by Gasteiger charge is -2.33. The predicted octanol–water partition coefficient (Wildman–Crippen LogP) is -0.262. The molecule has 0 radical (unpaired) electrons. The van der Waals surface area contributed by atoms with Crippen molar-refractivity contribution in [3.05, 3.63) is 0 Å². The van der Waals surface area contributed by atoms with Crippen LogP contribution in [0.3, 0.4) is 0 Å². The van der Waals surface area contributed by atoms with E-state index in [2.05, 4.69) is 5.32 Å². The third kappa shape index (κ3) is 3.18. The number of ether oxygens (including phenoxy) is 1. The van der Waals surface area contributed by atoms with E-state index in [0.29, 0.717) is 13.2 Å². The van der Waals surface area contributed by atoms with Gasteiger partial charge in [0, 0.05) is 13.1 Å². The molecule has 5 heteroatoms. The Labute approximate surface area is 102 Å². The molecule has 0 saturated carbocycles. The fraction of sp³-hybridized carbons (Fsp3) is 0.917. The number of likely N-dealkylation sites (tertiary alicyclic amines) is 1. The fourth-order valence-corrected chi connectivity index (χ4v) is 2.58. The van der Waals surface area contributed by atoms with Crippen molar-refractivity contribution < 1.29 is 14.6 Å². The van der Waals surface area contributed by atoms with E-state index in [0.717, 1.165) is 38.8 Å². The number of rotatable bonds is 2. The molecular formula is C12H22N2O3. The van der Waals surface area contributed by atoms with Gasteiger partial charge in [-0.05, 0) is 12.8 Å². The molecule has 0 bridgehead atoms. The molecule has 1 amide bonds. The molecule has 2 heterocycles. The summed E-state index contributed by atoms with van der Waals surface area (Å²) in [5.74, 6) is 0.0886. The van der Waals surface area contributed by atoms with Crippen molar-refractivity contribution in [1.29, 1.82) is 0 Å². The number of amides is 1. The summed E-state index contributed by atoms with van der Waals surface area (Å²) in [6.07, 6.45) is 4.20. The van der Waals surface area contributed by atoms with E-state index in [-0.39, 0.29) is 24.6 Å². The van der Waals surface area contributed by atoms with Gasteiger partial charge in [0.25, 0.3) is 0 Å². The Morgan fingerprint density at radius 2 is 2.29 bits per heavy atom. The lowest BCUT2D eigenvalue weighted by molar-refractivity contribution is -0.139. The topological polar surface area (TPSA) is 61.8 Å². The summed E-state index contributed by atoms with van der Waals surface area (Å²) < 4.78 is 5.32. The Morgan fingerprint density at radius 3 is 3.00 bits per heavy atom. The summed E-state index contributed by atoms with van der Waals surface area (Å²) >= 11 is 0. The molecule has 0 aromatic rings. The van der Waals surface area contributed by atoms with Crippen LogP contribution in [0.2, 0.25) is 0 Å². The van der Waals surface area contributed by atoms with Gasteiger partial charge >= 0.3 is 0 Å². The average Bonchev–Trinajstić information content (AvgIpc) is 2.64. The van der Waals surface area contributed by atoms with Crippen LogP contribution in [0, 0.1) is 0 Å². The number of hydrogen-bond acceptors (Lipinski definition) is 4. The highest BCUT2D eigenvalue weighted by Gasteiger charge is 2.31. The lowest BCUT2D eigenvalue weighted by Crippen LogP contribution is -2.55. The summed E-state index contributed by atoms with van der Waals surface area (Å²) in [5.41, 5.74) is 0. The summed E-state index contributed by atoms with van der Waals surface area (Å²) in [5, 5.41) is 12.6. The average molecular weight is 242 g/mol. The Kier molecular flexibility index (Phi) is 4.76. The van der Waals surface area contributed by atoms with Gasteiger partial charge in [0.05, 0.1) is 25.9 Å². The van der Waals surface area contributed by atoms with Gasteiger partial charge in [-0.3, -0.25) is 4.79 Å². The molecule has 2 aliphatic heterocycles. The number of aliphatic hydroxyl groups excluding tert-OH is 1.